The summed E-state index contributed by atoms with van der Waals surface area (Å²) in [6.07, 6.45) is -15.8. The largest absolute Gasteiger partial charge is 0.428 e. The van der Waals surface area contributed by atoms with Gasteiger partial charge in [0.25, 0.3) is 12.0 Å². The molecule has 0 aliphatic rings. The quantitative estimate of drug-likeness (QED) is 0.539. The van der Waals surface area contributed by atoms with E-state index in [2.05, 4.69) is 16.3 Å². The van der Waals surface area contributed by atoms with Crippen LogP contribution in [0.2, 0.25) is 0 Å². The Morgan fingerprint density at radius 1 is 1.00 bits per heavy atom. The van der Waals surface area contributed by atoms with Crippen molar-refractivity contribution < 1.29 is 35.5 Å². The topological polar surface area (TPSA) is 9.23 Å². The van der Waals surface area contributed by atoms with Crippen LogP contribution in [-0.4, -0.2) is 24.3 Å². The normalized spacial score (nSPS) is 18.5. The lowest BCUT2D eigenvalue weighted by molar-refractivity contribution is -0.350. The Labute approximate surface area is 72.4 Å². The fraction of sp³-hybridized carbons (Fsp3) is 1.00. The molecule has 1 nitrogen and oxygen atoms in total. The van der Waals surface area contributed by atoms with Gasteiger partial charge in [0, 0.05) is 0 Å². The van der Waals surface area contributed by atoms with Crippen molar-refractivity contribution in [3.05, 3.63) is 0 Å². The van der Waals surface area contributed by atoms with Crippen molar-refractivity contribution in [1.29, 1.82) is 0 Å². The molecule has 0 heterocycles. The van der Waals surface area contributed by atoms with Crippen LogP contribution in [0.1, 0.15) is 0 Å². The Morgan fingerprint density at radius 2 is 1.38 bits per heavy atom. The Bertz CT molecular complexity index is 166. The van der Waals surface area contributed by atoms with Crippen molar-refractivity contribution in [3.8, 4) is 0 Å². The molecule has 0 bridgehead atoms. The summed E-state index contributed by atoms with van der Waals surface area (Å²) in [4.78, 5) is 0. The lowest BCUT2D eigenvalue weighted by Gasteiger charge is -2.22. The first-order valence-corrected chi connectivity index (χ1v) is 3.05. The molecule has 0 aliphatic heterocycles. The molecule has 0 aromatic heterocycles. The third kappa shape index (κ3) is 3.99. The summed E-state index contributed by atoms with van der Waals surface area (Å²) in [5.74, 6) is -3.21. The predicted octanol–water partition coefficient (Wildman–Crippen LogP) is 2.99. The Morgan fingerprint density at radius 3 is 1.62 bits per heavy atom. The molecule has 0 aromatic rings. The molecule has 2 atom stereocenters. The van der Waals surface area contributed by atoms with Gasteiger partial charge in [-0.1, -0.05) is 11.6 Å². The van der Waals surface area contributed by atoms with Crippen molar-refractivity contribution in [2.45, 2.75) is 24.3 Å². The average Bonchev–Trinajstić information content (AvgIpc) is 1.80. The van der Waals surface area contributed by atoms with Gasteiger partial charge in [-0.25, -0.2) is 4.39 Å². The van der Waals surface area contributed by atoms with E-state index in [4.69, 9.17) is 0 Å². The fourth-order valence-electron chi connectivity index (χ4n) is 0.369. The van der Waals surface area contributed by atoms with E-state index >= 15 is 0 Å². The van der Waals surface area contributed by atoms with Crippen molar-refractivity contribution in [1.82, 2.24) is 0 Å². The van der Waals surface area contributed by atoms with Crippen molar-refractivity contribution >= 4 is 11.6 Å². The first kappa shape index (κ1) is 12.8. The van der Waals surface area contributed by atoms with E-state index in [0.717, 1.165) is 0 Å². The highest BCUT2D eigenvalue weighted by molar-refractivity contribution is 6.18. The minimum atomic E-state index is -5.84. The van der Waals surface area contributed by atoms with Crippen LogP contribution in [0.15, 0.2) is 0 Å². The summed E-state index contributed by atoms with van der Waals surface area (Å²) in [5, 5.41) is 0. The Kier molecular flexibility index (Phi) is 3.80. The van der Waals surface area contributed by atoms with Crippen LogP contribution in [0, 0.1) is 0 Å². The van der Waals surface area contributed by atoms with Gasteiger partial charge in [-0.15, -0.1) is 0 Å². The summed E-state index contributed by atoms with van der Waals surface area (Å²) < 4.78 is 83.6. The lowest BCUT2D eigenvalue weighted by atomic mass is 10.3. The molecule has 0 amide bonds. The van der Waals surface area contributed by atoms with Gasteiger partial charge in [0.2, 0.25) is 0 Å². The monoisotopic (exact) mass is 234 g/mol. The highest BCUT2D eigenvalue weighted by Gasteiger charge is 2.59. The maximum Gasteiger partial charge on any atom is 0.428 e. The minimum absolute atomic E-state index is 2.60. The second-order valence-electron chi connectivity index (χ2n) is 1.84. The zero-order valence-electron chi connectivity index (χ0n) is 5.59. The molecular formula is C4H2ClF7O. The molecule has 0 unspecified atom stereocenters. The van der Waals surface area contributed by atoms with E-state index < -0.39 is 24.3 Å². The number of halogens is 8. The number of hydrogen-bond donors (Lipinski definition) is 0. The summed E-state index contributed by atoms with van der Waals surface area (Å²) in [5.41, 5.74) is 0. The second-order valence-corrected chi connectivity index (χ2v) is 2.19. The molecule has 0 N–H and O–H groups in total. The van der Waals surface area contributed by atoms with Gasteiger partial charge in [0.15, 0.2) is 0 Å². The number of rotatable bonds is 3. The van der Waals surface area contributed by atoms with Crippen LogP contribution in [0.4, 0.5) is 30.7 Å². The lowest BCUT2D eigenvalue weighted by Crippen LogP contribution is -2.44. The van der Waals surface area contributed by atoms with Crippen molar-refractivity contribution in [2.75, 3.05) is 0 Å². The van der Waals surface area contributed by atoms with Gasteiger partial charge >= 0.3 is 12.3 Å². The second kappa shape index (κ2) is 3.87. The molecule has 9 heteroatoms. The molecule has 0 rings (SSSR count). The standard InChI is InChI=1S/C4H2ClF7O/c5-2(7)13-4(11,12)1(6)3(8,9)10/h1-2H/t1-,2-/m0/s1. The van der Waals surface area contributed by atoms with Crippen LogP contribution >= 0.6 is 11.6 Å². The number of ether oxygens (including phenoxy) is 1. The van der Waals surface area contributed by atoms with E-state index in [1.807, 2.05) is 0 Å². The first-order valence-electron chi connectivity index (χ1n) is 2.62. The van der Waals surface area contributed by atoms with Gasteiger partial charge < -0.3 is 0 Å². The molecule has 13 heavy (non-hydrogen) atoms. The maximum absolute atomic E-state index is 11.9. The molecule has 80 valence electrons. The third-order valence-electron chi connectivity index (χ3n) is 0.829. The molecule has 0 spiro atoms. The highest BCUT2D eigenvalue weighted by Crippen LogP contribution is 2.36. The van der Waals surface area contributed by atoms with Gasteiger partial charge in [-0.05, 0) is 0 Å². The zero-order chi connectivity index (χ0) is 10.9. The smallest absolute Gasteiger partial charge is 0.269 e. The van der Waals surface area contributed by atoms with Crippen LogP contribution in [0.5, 0.6) is 0 Å². The Hall–Kier alpha value is -0.240. The maximum atomic E-state index is 11.9. The summed E-state index contributed by atoms with van der Waals surface area (Å²) in [6, 6.07) is 0. The van der Waals surface area contributed by atoms with Crippen LogP contribution < -0.4 is 0 Å². The summed E-state index contributed by atoms with van der Waals surface area (Å²) >= 11 is 4.15. The van der Waals surface area contributed by atoms with Crippen molar-refractivity contribution in [3.63, 3.8) is 0 Å². The van der Waals surface area contributed by atoms with E-state index in [1.165, 1.54) is 0 Å². The average molecular weight is 234 g/mol. The summed E-state index contributed by atoms with van der Waals surface area (Å²) in [6.45, 7) is 0. The third-order valence-corrected chi connectivity index (χ3v) is 0.918. The molecule has 0 saturated carbocycles. The minimum Gasteiger partial charge on any atom is -0.269 e. The van der Waals surface area contributed by atoms with Gasteiger partial charge in [0.05, 0.1) is 0 Å². The number of hydrogen-bond acceptors (Lipinski definition) is 1. The molecule has 0 aromatic carbocycles. The first-order chi connectivity index (χ1) is 5.57. The molecular weight excluding hydrogens is 232 g/mol. The van der Waals surface area contributed by atoms with Crippen LogP contribution in [0.25, 0.3) is 0 Å². The van der Waals surface area contributed by atoms with Gasteiger partial charge in [-0.3, -0.25) is 4.74 Å². The molecule has 0 radical (unpaired) electrons. The highest BCUT2D eigenvalue weighted by atomic mass is 35.5. The van der Waals surface area contributed by atoms with Crippen LogP contribution in [-0.2, 0) is 4.74 Å². The molecule has 0 fully saturated rings. The molecule has 0 saturated heterocycles. The van der Waals surface area contributed by atoms with E-state index in [9.17, 15) is 30.7 Å². The zero-order valence-corrected chi connectivity index (χ0v) is 6.34. The predicted molar refractivity (Wildman–Crippen MR) is 27.7 cm³/mol. The van der Waals surface area contributed by atoms with Crippen molar-refractivity contribution in [2.24, 2.45) is 0 Å². The molecule has 0 aliphatic carbocycles. The number of alkyl halides is 8. The van der Waals surface area contributed by atoms with Crippen LogP contribution in [0.3, 0.4) is 0 Å². The van der Waals surface area contributed by atoms with E-state index in [-0.39, 0.29) is 0 Å². The fourth-order valence-corrected chi connectivity index (χ4v) is 0.488. The SMILES string of the molecule is F[C@H](Cl)OC(F)(F)[C@@H](F)C(F)(F)F. The summed E-state index contributed by atoms with van der Waals surface area (Å²) in [7, 11) is 0. The Balaban J connectivity index is 4.45. The van der Waals surface area contributed by atoms with E-state index in [1.54, 1.807) is 0 Å². The van der Waals surface area contributed by atoms with Gasteiger partial charge in [-0.2, -0.15) is 26.3 Å². The van der Waals surface area contributed by atoms with E-state index in [0.29, 0.717) is 0 Å². The van der Waals surface area contributed by atoms with Gasteiger partial charge in [0.1, 0.15) is 0 Å².